The van der Waals surface area contributed by atoms with Crippen molar-refractivity contribution in [2.45, 2.75) is 41.5 Å². The van der Waals surface area contributed by atoms with E-state index in [1.807, 2.05) is 18.7 Å². The monoisotopic (exact) mass is 733 g/mol. The van der Waals surface area contributed by atoms with Gasteiger partial charge in [0.2, 0.25) is 0 Å². The molecule has 3 heterocycles. The normalized spacial score (nSPS) is 25.8. The molecular formula is C15H24Br2N5O13P3. The molecule has 2 aromatic rings. The maximum absolute atomic E-state index is 12.2. The Kier molecular flexibility index (Phi) is 10.0. The number of aliphatic hydroxyl groups is 2. The number of phosphoric ester groups is 2. The van der Waals surface area contributed by atoms with E-state index in [0.29, 0.717) is 24.4 Å². The summed E-state index contributed by atoms with van der Waals surface area (Å²) in [6, 6.07) is 0. The van der Waals surface area contributed by atoms with Crippen LogP contribution in [0, 0.1) is 0 Å². The molecule has 0 spiro atoms. The molecule has 0 radical (unpaired) electrons. The largest absolute Gasteiger partial charge is 0.483 e. The molecule has 0 aromatic carbocycles. The highest BCUT2D eigenvalue weighted by Gasteiger charge is 2.52. The smallest absolute Gasteiger partial charge is 0.387 e. The van der Waals surface area contributed by atoms with Crippen LogP contribution in [0.2, 0.25) is 0 Å². The SMILES string of the molecule is CCN(CC)c1ncnc2c1ncn2[C@@H]1O[C@H](COP(=O)(O)OP(=O)(O)OC(Br)(Br)P(=O)(O)O)[C@@H](O)[C@H]1O. The average Bonchev–Trinajstić information content (AvgIpc) is 3.32. The van der Waals surface area contributed by atoms with Crippen LogP contribution in [0.4, 0.5) is 5.82 Å². The van der Waals surface area contributed by atoms with Crippen molar-refractivity contribution in [3.05, 3.63) is 12.7 Å². The van der Waals surface area contributed by atoms with Gasteiger partial charge in [-0.15, -0.1) is 0 Å². The molecule has 0 aliphatic carbocycles. The summed E-state index contributed by atoms with van der Waals surface area (Å²) in [6.07, 6.45) is -3.34. The highest BCUT2D eigenvalue weighted by Crippen LogP contribution is 2.69. The van der Waals surface area contributed by atoms with Gasteiger partial charge in [0.1, 0.15) is 24.6 Å². The topological polar surface area (TPSA) is 256 Å². The van der Waals surface area contributed by atoms with Crippen LogP contribution in [0.15, 0.2) is 12.7 Å². The number of phosphoric acid groups is 2. The fourth-order valence-corrected chi connectivity index (χ4v) is 7.22. The molecule has 3 rings (SSSR count). The summed E-state index contributed by atoms with van der Waals surface area (Å²) in [6.45, 7) is 4.20. The number of ether oxygens (including phenoxy) is 1. The fraction of sp³-hybridized carbons (Fsp3) is 0.667. The van der Waals surface area contributed by atoms with Gasteiger partial charge in [-0.1, -0.05) is 0 Å². The van der Waals surface area contributed by atoms with Crippen molar-refractivity contribution >= 4 is 72.1 Å². The van der Waals surface area contributed by atoms with Crippen molar-refractivity contribution < 1.29 is 61.6 Å². The van der Waals surface area contributed by atoms with E-state index in [-0.39, 0.29) is 5.65 Å². The van der Waals surface area contributed by atoms with Crippen LogP contribution in [0.3, 0.4) is 0 Å². The Morgan fingerprint density at radius 1 is 1.05 bits per heavy atom. The summed E-state index contributed by atoms with van der Waals surface area (Å²) < 4.78 is 52.3. The summed E-state index contributed by atoms with van der Waals surface area (Å²) in [5.41, 5.74) is 0.672. The lowest BCUT2D eigenvalue weighted by Crippen LogP contribution is -2.33. The molecule has 2 unspecified atom stereocenters. The van der Waals surface area contributed by atoms with E-state index in [9.17, 15) is 33.7 Å². The number of nitrogens with zero attached hydrogens (tertiary/aromatic N) is 5. The molecule has 1 fully saturated rings. The van der Waals surface area contributed by atoms with Crippen LogP contribution in [0.5, 0.6) is 0 Å². The summed E-state index contributed by atoms with van der Waals surface area (Å²) in [4.78, 5) is 52.3. The fourth-order valence-electron chi connectivity index (χ4n) is 3.41. The van der Waals surface area contributed by atoms with Crippen molar-refractivity contribution in [1.29, 1.82) is 0 Å². The van der Waals surface area contributed by atoms with Crippen LogP contribution in [-0.4, -0.2) is 90.5 Å². The van der Waals surface area contributed by atoms with Gasteiger partial charge in [0.05, 0.1) is 12.9 Å². The van der Waals surface area contributed by atoms with Gasteiger partial charge >= 0.3 is 23.2 Å². The van der Waals surface area contributed by atoms with Crippen molar-refractivity contribution in [2.75, 3.05) is 24.6 Å². The Labute approximate surface area is 231 Å². The number of alkyl halides is 2. The van der Waals surface area contributed by atoms with Crippen LogP contribution in [0.25, 0.3) is 11.2 Å². The molecule has 0 saturated carbocycles. The van der Waals surface area contributed by atoms with Gasteiger partial charge in [0.25, 0.3) is 3.16 Å². The first kappa shape index (κ1) is 32.1. The second-order valence-corrected chi connectivity index (χ2v) is 16.9. The van der Waals surface area contributed by atoms with Crippen LogP contribution in [0.1, 0.15) is 20.1 Å². The van der Waals surface area contributed by atoms with E-state index < -0.39 is 57.5 Å². The summed E-state index contributed by atoms with van der Waals surface area (Å²) in [7, 11) is -16.3. The number of hydrogen-bond donors (Lipinski definition) is 6. The van der Waals surface area contributed by atoms with Gasteiger partial charge in [-0.25, -0.2) is 28.6 Å². The highest BCUT2D eigenvalue weighted by atomic mass is 79.9. The van der Waals surface area contributed by atoms with Gasteiger partial charge in [-0.05, 0) is 45.7 Å². The molecular weight excluding hydrogens is 711 g/mol. The van der Waals surface area contributed by atoms with E-state index in [1.54, 1.807) is 0 Å². The van der Waals surface area contributed by atoms with Crippen molar-refractivity contribution in [2.24, 2.45) is 0 Å². The zero-order valence-corrected chi connectivity index (χ0v) is 25.3. The number of rotatable bonds is 12. The lowest BCUT2D eigenvalue weighted by molar-refractivity contribution is -0.0504. The summed E-state index contributed by atoms with van der Waals surface area (Å²) in [5.74, 6) is 0.537. The first-order chi connectivity index (χ1) is 17.4. The van der Waals surface area contributed by atoms with Gasteiger partial charge in [0.15, 0.2) is 23.2 Å². The Hall–Kier alpha value is -0.400. The van der Waals surface area contributed by atoms with Gasteiger partial charge < -0.3 is 39.4 Å². The first-order valence-corrected chi connectivity index (χ1v) is 16.7. The number of hydrogen-bond acceptors (Lipinski definition) is 13. The Bertz CT molecular complexity index is 1290. The van der Waals surface area contributed by atoms with E-state index in [4.69, 9.17) is 14.5 Å². The van der Waals surface area contributed by atoms with Crippen molar-refractivity contribution in [3.63, 3.8) is 0 Å². The number of halogens is 2. The Balaban J connectivity index is 1.72. The Morgan fingerprint density at radius 2 is 1.68 bits per heavy atom. The highest BCUT2D eigenvalue weighted by molar-refractivity contribution is 9.27. The predicted octanol–water partition coefficient (Wildman–Crippen LogP) is 1.12. The second-order valence-electron chi connectivity index (χ2n) is 7.68. The van der Waals surface area contributed by atoms with Gasteiger partial charge in [0, 0.05) is 13.1 Å². The molecule has 2 aromatic heterocycles. The zero-order valence-electron chi connectivity index (χ0n) is 19.5. The molecule has 6 N–H and O–H groups in total. The number of fused-ring (bicyclic) bond motifs is 1. The maximum Gasteiger partial charge on any atom is 0.483 e. The third-order valence-corrected chi connectivity index (χ3v) is 12.3. The number of aromatic nitrogens is 4. The van der Waals surface area contributed by atoms with Crippen LogP contribution >= 0.6 is 55.1 Å². The summed E-state index contributed by atoms with van der Waals surface area (Å²) in [5, 5.41) is 21.0. The Morgan fingerprint density at radius 3 is 2.26 bits per heavy atom. The molecule has 6 atom stereocenters. The van der Waals surface area contributed by atoms with Gasteiger partial charge in [-0.2, -0.15) is 4.31 Å². The van der Waals surface area contributed by atoms with E-state index in [0.717, 1.165) is 0 Å². The molecule has 18 nitrogen and oxygen atoms in total. The molecule has 0 bridgehead atoms. The zero-order chi connectivity index (χ0) is 28.7. The predicted molar refractivity (Wildman–Crippen MR) is 135 cm³/mol. The number of anilines is 1. The molecule has 0 amide bonds. The number of aliphatic hydroxyl groups excluding tert-OH is 2. The minimum absolute atomic E-state index is 0.271. The standard InChI is InChI=1S/C15H24Br2N5O13P3/c1-3-21(4-2)12-9-13(19-6-18-12)22(7-20-9)14-11(24)10(23)8(33-14)5-32-37(28,29)35-38(30,31)34-15(16,17)36(25,26)27/h6-8,10-11,14,23-24H,3-5H2,1-2H3,(H,28,29)(H,30,31)(H2,25,26,27)/t8-,10-,11-,14-/m1/s1. The minimum atomic E-state index is -5.63. The van der Waals surface area contributed by atoms with E-state index >= 15 is 0 Å². The van der Waals surface area contributed by atoms with E-state index in [1.165, 1.54) is 17.2 Å². The molecule has 1 saturated heterocycles. The van der Waals surface area contributed by atoms with Crippen molar-refractivity contribution in [1.82, 2.24) is 19.5 Å². The van der Waals surface area contributed by atoms with Crippen LogP contribution in [-0.2, 0) is 31.8 Å². The minimum Gasteiger partial charge on any atom is -0.387 e. The average molecular weight is 735 g/mol. The summed E-state index contributed by atoms with van der Waals surface area (Å²) >= 11 is 4.65. The van der Waals surface area contributed by atoms with Gasteiger partial charge in [-0.3, -0.25) is 13.7 Å². The van der Waals surface area contributed by atoms with Crippen LogP contribution < -0.4 is 4.90 Å². The quantitative estimate of drug-likeness (QED) is 0.132. The van der Waals surface area contributed by atoms with E-state index in [2.05, 4.69) is 60.2 Å². The molecule has 23 heteroatoms. The molecule has 38 heavy (non-hydrogen) atoms. The van der Waals surface area contributed by atoms with Crippen molar-refractivity contribution in [3.8, 4) is 0 Å². The molecule has 1 aliphatic rings. The third kappa shape index (κ3) is 7.08. The second kappa shape index (κ2) is 11.8. The molecule has 1 aliphatic heterocycles. The first-order valence-electron chi connectivity index (χ1n) is 10.5. The maximum atomic E-state index is 12.2. The lowest BCUT2D eigenvalue weighted by atomic mass is 10.1. The molecule has 216 valence electrons. The number of imidazole rings is 1. The lowest BCUT2D eigenvalue weighted by Gasteiger charge is -2.25. The third-order valence-electron chi connectivity index (χ3n) is 5.19.